The van der Waals surface area contributed by atoms with Gasteiger partial charge in [0.2, 0.25) is 5.91 Å². The van der Waals surface area contributed by atoms with E-state index in [1.807, 2.05) is 0 Å². The molecule has 0 atom stereocenters. The maximum atomic E-state index is 14.2. The second-order valence-corrected chi connectivity index (χ2v) is 7.12. The molecule has 3 aromatic rings. The molecule has 0 aliphatic carbocycles. The average molecular weight is 467 g/mol. The fourth-order valence-electron chi connectivity index (χ4n) is 2.52. The Morgan fingerprint density at radius 2 is 1.93 bits per heavy atom. The van der Waals surface area contributed by atoms with Crippen LogP contribution in [-0.2, 0) is 4.79 Å². The van der Waals surface area contributed by atoms with Gasteiger partial charge < -0.3 is 15.2 Å². The summed E-state index contributed by atoms with van der Waals surface area (Å²) in [5.74, 6) is -1.50. The van der Waals surface area contributed by atoms with Crippen LogP contribution in [-0.4, -0.2) is 23.5 Å². The number of nitrogens with zero attached hydrogens (tertiary/aromatic N) is 1. The van der Waals surface area contributed by atoms with Gasteiger partial charge in [-0.25, -0.2) is 4.39 Å². The van der Waals surface area contributed by atoms with Crippen LogP contribution in [0.15, 0.2) is 51.5 Å². The third-order valence-electron chi connectivity index (χ3n) is 3.83. The van der Waals surface area contributed by atoms with Gasteiger partial charge in [-0.2, -0.15) is 0 Å². The molecule has 1 heterocycles. The Labute approximate surface area is 173 Å². The average Bonchev–Trinajstić information content (AvgIpc) is 3.03. The molecule has 144 valence electrons. The number of rotatable bonds is 5. The highest BCUT2D eigenvalue weighted by Gasteiger charge is 2.25. The van der Waals surface area contributed by atoms with Gasteiger partial charge in [0.25, 0.3) is 5.91 Å². The zero-order valence-corrected chi connectivity index (χ0v) is 16.9. The molecule has 1 aromatic heterocycles. The molecule has 0 unspecified atom stereocenters. The molecule has 0 saturated carbocycles. The van der Waals surface area contributed by atoms with Crippen LogP contribution in [0.5, 0.6) is 0 Å². The number of nitrogens with one attached hydrogen (secondary N) is 2. The number of aryl methyl sites for hydroxylation is 1. The van der Waals surface area contributed by atoms with Crippen LogP contribution < -0.4 is 10.6 Å². The van der Waals surface area contributed by atoms with Crippen molar-refractivity contribution in [2.45, 2.75) is 6.92 Å². The highest BCUT2D eigenvalue weighted by atomic mass is 79.9. The van der Waals surface area contributed by atoms with Crippen molar-refractivity contribution < 1.29 is 18.5 Å². The summed E-state index contributed by atoms with van der Waals surface area (Å²) in [4.78, 5) is 24.6. The Bertz CT molecular complexity index is 1020. The van der Waals surface area contributed by atoms with E-state index >= 15 is 0 Å². The summed E-state index contributed by atoms with van der Waals surface area (Å²) < 4.78 is 20.1. The lowest BCUT2D eigenvalue weighted by atomic mass is 10.0. The summed E-state index contributed by atoms with van der Waals surface area (Å²) in [5.41, 5.74) is 0.544. The molecule has 0 saturated heterocycles. The van der Waals surface area contributed by atoms with E-state index in [9.17, 15) is 14.0 Å². The molecule has 3 rings (SSSR count). The van der Waals surface area contributed by atoms with E-state index in [0.29, 0.717) is 5.69 Å². The first-order valence-corrected chi connectivity index (χ1v) is 9.28. The first kappa shape index (κ1) is 20.0. The largest absolute Gasteiger partial charge is 0.360 e. The summed E-state index contributed by atoms with van der Waals surface area (Å²) in [7, 11) is 0. The Morgan fingerprint density at radius 3 is 2.61 bits per heavy atom. The summed E-state index contributed by atoms with van der Waals surface area (Å²) in [6.45, 7) is 1.23. The van der Waals surface area contributed by atoms with Gasteiger partial charge >= 0.3 is 0 Å². The number of amides is 2. The predicted octanol–water partition coefficient (Wildman–Crippen LogP) is 4.57. The van der Waals surface area contributed by atoms with Gasteiger partial charge in [0.05, 0.1) is 17.1 Å². The van der Waals surface area contributed by atoms with Crippen molar-refractivity contribution in [3.8, 4) is 11.3 Å². The van der Waals surface area contributed by atoms with E-state index in [1.165, 1.54) is 25.1 Å². The summed E-state index contributed by atoms with van der Waals surface area (Å²) >= 11 is 9.36. The third-order valence-corrected chi connectivity index (χ3v) is 4.67. The number of hydrogen-bond donors (Lipinski definition) is 2. The van der Waals surface area contributed by atoms with Crippen molar-refractivity contribution >= 4 is 45.0 Å². The van der Waals surface area contributed by atoms with Crippen molar-refractivity contribution in [1.29, 1.82) is 0 Å². The molecule has 2 aromatic carbocycles. The molecule has 0 bridgehead atoms. The lowest BCUT2D eigenvalue weighted by Crippen LogP contribution is -2.33. The van der Waals surface area contributed by atoms with Gasteiger partial charge in [-0.3, -0.25) is 9.59 Å². The minimum Gasteiger partial charge on any atom is -0.360 e. The number of halogens is 3. The van der Waals surface area contributed by atoms with Crippen LogP contribution in [0.4, 0.5) is 10.1 Å². The molecule has 6 nitrogen and oxygen atoms in total. The molecule has 0 spiro atoms. The maximum Gasteiger partial charge on any atom is 0.257 e. The fraction of sp³-hybridized carbons (Fsp3) is 0.105. The number of benzene rings is 2. The molecule has 2 N–H and O–H groups in total. The van der Waals surface area contributed by atoms with Crippen LogP contribution in [0, 0.1) is 12.7 Å². The number of carbonyl (C=O) groups is 2. The lowest BCUT2D eigenvalue weighted by Gasteiger charge is -2.08. The van der Waals surface area contributed by atoms with Gasteiger partial charge in [-0.05, 0) is 43.3 Å². The van der Waals surface area contributed by atoms with Crippen LogP contribution in [0.25, 0.3) is 11.3 Å². The van der Waals surface area contributed by atoms with E-state index < -0.39 is 17.6 Å². The zero-order chi connectivity index (χ0) is 20.3. The molecule has 0 radical (unpaired) electrons. The summed E-state index contributed by atoms with van der Waals surface area (Å²) in [6.07, 6.45) is 0. The normalized spacial score (nSPS) is 10.6. The number of aromatic nitrogens is 1. The molecule has 9 heteroatoms. The Balaban J connectivity index is 1.74. The molecule has 2 amide bonds. The van der Waals surface area contributed by atoms with Crippen molar-refractivity contribution in [3.05, 3.63) is 69.1 Å². The molecule has 0 aliphatic rings. The SMILES string of the molecule is Cc1onc(-c2c(F)cccc2Cl)c1C(=O)NCC(=O)Nc1ccc(Br)cc1. The number of anilines is 1. The van der Waals surface area contributed by atoms with Crippen molar-refractivity contribution in [2.75, 3.05) is 11.9 Å². The van der Waals surface area contributed by atoms with E-state index in [2.05, 4.69) is 31.7 Å². The fourth-order valence-corrected chi connectivity index (χ4v) is 3.04. The quantitative estimate of drug-likeness (QED) is 0.577. The monoisotopic (exact) mass is 465 g/mol. The minimum atomic E-state index is -0.636. The molecular weight excluding hydrogens is 453 g/mol. The van der Waals surface area contributed by atoms with Crippen molar-refractivity contribution in [2.24, 2.45) is 0 Å². The Kier molecular flexibility index (Phi) is 6.11. The second kappa shape index (κ2) is 8.53. The van der Waals surface area contributed by atoms with E-state index in [0.717, 1.165) is 4.47 Å². The van der Waals surface area contributed by atoms with Crippen LogP contribution in [0.3, 0.4) is 0 Å². The topological polar surface area (TPSA) is 84.2 Å². The molecular formula is C19H14BrClFN3O3. The van der Waals surface area contributed by atoms with Gasteiger partial charge in [0.15, 0.2) is 0 Å². The van der Waals surface area contributed by atoms with Gasteiger partial charge in [0.1, 0.15) is 22.8 Å². The van der Waals surface area contributed by atoms with Crippen LogP contribution in [0.1, 0.15) is 16.1 Å². The van der Waals surface area contributed by atoms with Crippen LogP contribution >= 0.6 is 27.5 Å². The van der Waals surface area contributed by atoms with Gasteiger partial charge in [-0.1, -0.05) is 38.8 Å². The van der Waals surface area contributed by atoms with Crippen molar-refractivity contribution in [3.63, 3.8) is 0 Å². The van der Waals surface area contributed by atoms with Gasteiger partial charge in [-0.15, -0.1) is 0 Å². The second-order valence-electron chi connectivity index (χ2n) is 5.80. The molecule has 0 fully saturated rings. The highest BCUT2D eigenvalue weighted by molar-refractivity contribution is 9.10. The highest BCUT2D eigenvalue weighted by Crippen LogP contribution is 2.33. The molecule has 28 heavy (non-hydrogen) atoms. The standard InChI is InChI=1S/C19H14BrClFN3O3/c1-10-16(18(25-28-10)17-13(21)3-2-4-14(17)22)19(27)23-9-15(26)24-12-7-5-11(20)6-8-12/h2-8H,9H2,1H3,(H,23,27)(H,24,26). The Morgan fingerprint density at radius 1 is 1.21 bits per heavy atom. The third kappa shape index (κ3) is 4.40. The van der Waals surface area contributed by atoms with Crippen LogP contribution in [0.2, 0.25) is 5.02 Å². The van der Waals surface area contributed by atoms with Gasteiger partial charge in [0, 0.05) is 10.2 Å². The predicted molar refractivity (Wildman–Crippen MR) is 107 cm³/mol. The maximum absolute atomic E-state index is 14.2. The first-order chi connectivity index (χ1) is 13.4. The zero-order valence-electron chi connectivity index (χ0n) is 14.6. The molecule has 0 aliphatic heterocycles. The van der Waals surface area contributed by atoms with E-state index in [4.69, 9.17) is 16.1 Å². The summed E-state index contributed by atoms with van der Waals surface area (Å²) in [5, 5.41) is 8.99. The minimum absolute atomic E-state index is 0.0171. The first-order valence-electron chi connectivity index (χ1n) is 8.11. The summed E-state index contributed by atoms with van der Waals surface area (Å²) in [6, 6.07) is 11.1. The van der Waals surface area contributed by atoms with E-state index in [1.54, 1.807) is 24.3 Å². The van der Waals surface area contributed by atoms with E-state index in [-0.39, 0.29) is 34.1 Å². The smallest absolute Gasteiger partial charge is 0.257 e. The number of hydrogen-bond acceptors (Lipinski definition) is 4. The lowest BCUT2D eigenvalue weighted by molar-refractivity contribution is -0.115. The Hall–Kier alpha value is -2.71. The number of carbonyl (C=O) groups excluding carboxylic acids is 2. The van der Waals surface area contributed by atoms with Crippen molar-refractivity contribution in [1.82, 2.24) is 10.5 Å².